The molecule has 2 amide bonds. The van der Waals surface area contributed by atoms with Gasteiger partial charge in [-0.05, 0) is 49.2 Å². The monoisotopic (exact) mass is 473 g/mol. The normalized spacial score (nSPS) is 14.8. The maximum absolute atomic E-state index is 13.6. The molecule has 0 saturated carbocycles. The molecule has 3 aromatic rings. The molecule has 0 spiro atoms. The summed E-state index contributed by atoms with van der Waals surface area (Å²) < 4.78 is 49.1. The van der Waals surface area contributed by atoms with Crippen molar-refractivity contribution in [1.82, 2.24) is 9.80 Å². The predicted molar refractivity (Wildman–Crippen MR) is 121 cm³/mol. The van der Waals surface area contributed by atoms with Gasteiger partial charge in [0.1, 0.15) is 17.3 Å². The highest BCUT2D eigenvalue weighted by molar-refractivity contribution is 5.89. The number of piperidine rings is 1. The molecule has 0 bridgehead atoms. The molecule has 0 atom stereocenters. The van der Waals surface area contributed by atoms with Gasteiger partial charge in [-0.25, -0.2) is 9.18 Å². The Kier molecular flexibility index (Phi) is 7.74. The van der Waals surface area contributed by atoms with E-state index in [1.807, 2.05) is 0 Å². The first-order chi connectivity index (χ1) is 16.5. The molecular formula is C25H26F3N3O3. The van der Waals surface area contributed by atoms with Crippen molar-refractivity contribution in [3.05, 3.63) is 84.1 Å². The van der Waals surface area contributed by atoms with Crippen molar-refractivity contribution in [1.29, 1.82) is 0 Å². The second-order valence-electron chi connectivity index (χ2n) is 8.14. The summed E-state index contributed by atoms with van der Waals surface area (Å²) in [5.41, 5.74) is 1.07. The van der Waals surface area contributed by atoms with Crippen LogP contribution in [0.25, 0.3) is 0 Å². The van der Waals surface area contributed by atoms with Gasteiger partial charge in [-0.15, -0.1) is 0 Å². The maximum atomic E-state index is 13.6. The molecule has 0 unspecified atom stereocenters. The van der Waals surface area contributed by atoms with Crippen molar-refractivity contribution in [2.75, 3.05) is 18.4 Å². The van der Waals surface area contributed by atoms with Gasteiger partial charge in [0.2, 0.25) is 0 Å². The lowest BCUT2D eigenvalue weighted by Crippen LogP contribution is -2.48. The van der Waals surface area contributed by atoms with Gasteiger partial charge >= 0.3 is 12.6 Å². The minimum atomic E-state index is -2.88. The number of hydrogen-bond acceptors (Lipinski definition) is 4. The van der Waals surface area contributed by atoms with E-state index in [2.05, 4.69) is 15.0 Å². The molecule has 0 radical (unpaired) electrons. The van der Waals surface area contributed by atoms with Crippen LogP contribution in [0.15, 0.2) is 71.3 Å². The fourth-order valence-corrected chi connectivity index (χ4v) is 4.17. The summed E-state index contributed by atoms with van der Waals surface area (Å²) in [5, 5.41) is 2.77. The van der Waals surface area contributed by atoms with Crippen LogP contribution in [0.4, 0.5) is 23.7 Å². The first kappa shape index (κ1) is 23.7. The van der Waals surface area contributed by atoms with Crippen LogP contribution in [0.2, 0.25) is 0 Å². The van der Waals surface area contributed by atoms with Crippen LogP contribution in [0.5, 0.6) is 5.75 Å². The van der Waals surface area contributed by atoms with Gasteiger partial charge in [-0.1, -0.05) is 24.3 Å². The standard InChI is InChI=1S/C25H26F3N3O3/c26-19-6-3-7-20(15-19)29-25(32)31(17-22-8-4-14-33-22)21-10-12-30(13-11-21)16-18-5-1-2-9-23(18)34-24(27)28/h1-9,14-15,21,24H,10-13,16-17H2,(H,29,32). The SMILES string of the molecule is O=C(Nc1cccc(F)c1)N(Cc1ccco1)C1CCN(Cc2ccccc2OC(F)F)CC1. The number of hydrogen-bond donors (Lipinski definition) is 1. The third-order valence-corrected chi connectivity index (χ3v) is 5.82. The Bertz CT molecular complexity index is 1070. The van der Waals surface area contributed by atoms with Gasteiger partial charge in [0, 0.05) is 36.9 Å². The number of amides is 2. The van der Waals surface area contributed by atoms with Gasteiger partial charge in [0.25, 0.3) is 0 Å². The third kappa shape index (κ3) is 6.32. The minimum Gasteiger partial charge on any atom is -0.467 e. The summed E-state index contributed by atoms with van der Waals surface area (Å²) in [7, 11) is 0. The fraction of sp³-hybridized carbons (Fsp3) is 0.320. The number of urea groups is 1. The van der Waals surface area contributed by atoms with Crippen LogP contribution < -0.4 is 10.1 Å². The number of rotatable bonds is 8. The minimum absolute atomic E-state index is 0.0672. The number of para-hydroxylation sites is 1. The van der Waals surface area contributed by atoms with E-state index >= 15 is 0 Å². The number of carbonyl (C=O) groups is 1. The van der Waals surface area contributed by atoms with Crippen LogP contribution >= 0.6 is 0 Å². The molecule has 1 fully saturated rings. The van der Waals surface area contributed by atoms with E-state index in [-0.39, 0.29) is 24.4 Å². The van der Waals surface area contributed by atoms with Gasteiger partial charge in [-0.3, -0.25) is 4.90 Å². The summed E-state index contributed by atoms with van der Waals surface area (Å²) >= 11 is 0. The molecule has 1 aromatic heterocycles. The topological polar surface area (TPSA) is 58.0 Å². The molecule has 2 aromatic carbocycles. The quantitative estimate of drug-likeness (QED) is 0.455. The number of likely N-dealkylation sites (tertiary alicyclic amines) is 1. The first-order valence-corrected chi connectivity index (χ1v) is 11.1. The summed E-state index contributed by atoms with van der Waals surface area (Å²) in [6.07, 6.45) is 2.93. The number of nitrogens with one attached hydrogen (secondary N) is 1. The van der Waals surface area contributed by atoms with Crippen molar-refractivity contribution in [3.63, 3.8) is 0 Å². The number of furan rings is 1. The number of benzene rings is 2. The van der Waals surface area contributed by atoms with Crippen LogP contribution in [0, 0.1) is 5.82 Å². The van der Waals surface area contributed by atoms with Crippen molar-refractivity contribution >= 4 is 11.7 Å². The number of anilines is 1. The zero-order valence-electron chi connectivity index (χ0n) is 18.5. The van der Waals surface area contributed by atoms with E-state index < -0.39 is 12.4 Å². The summed E-state index contributed by atoms with van der Waals surface area (Å²) in [5.74, 6) is 0.392. The van der Waals surface area contributed by atoms with Crippen molar-refractivity contribution < 1.29 is 27.1 Å². The van der Waals surface area contributed by atoms with Crippen LogP contribution in [-0.4, -0.2) is 41.6 Å². The van der Waals surface area contributed by atoms with E-state index in [1.165, 1.54) is 24.3 Å². The molecular weight excluding hydrogens is 447 g/mol. The molecule has 180 valence electrons. The predicted octanol–water partition coefficient (Wildman–Crippen LogP) is 5.72. The zero-order valence-corrected chi connectivity index (χ0v) is 18.5. The number of carbonyl (C=O) groups excluding carboxylic acids is 1. The zero-order chi connectivity index (χ0) is 23.9. The molecule has 1 N–H and O–H groups in total. The molecule has 6 nitrogen and oxygen atoms in total. The van der Waals surface area contributed by atoms with Gasteiger partial charge in [-0.2, -0.15) is 8.78 Å². The summed E-state index contributed by atoms with van der Waals surface area (Å²) in [4.78, 5) is 17.0. The number of halogens is 3. The van der Waals surface area contributed by atoms with E-state index in [1.54, 1.807) is 47.6 Å². The Balaban J connectivity index is 1.41. The Hall–Kier alpha value is -3.46. The van der Waals surface area contributed by atoms with Crippen molar-refractivity contribution in [3.8, 4) is 5.75 Å². The number of alkyl halides is 2. The Morgan fingerprint density at radius 1 is 1.12 bits per heavy atom. The van der Waals surface area contributed by atoms with Gasteiger partial charge in [0.15, 0.2) is 0 Å². The Morgan fingerprint density at radius 2 is 1.91 bits per heavy atom. The highest BCUT2D eigenvalue weighted by atomic mass is 19.3. The average Bonchev–Trinajstić information content (AvgIpc) is 3.32. The van der Waals surface area contributed by atoms with Crippen molar-refractivity contribution in [2.45, 2.75) is 38.6 Å². The van der Waals surface area contributed by atoms with Gasteiger partial charge in [0.05, 0.1) is 12.8 Å². The second kappa shape index (κ2) is 11.1. The van der Waals surface area contributed by atoms with Gasteiger partial charge < -0.3 is 19.4 Å². The van der Waals surface area contributed by atoms with E-state index in [4.69, 9.17) is 4.42 Å². The van der Waals surface area contributed by atoms with E-state index in [0.29, 0.717) is 49.5 Å². The molecule has 2 heterocycles. The lowest BCUT2D eigenvalue weighted by Gasteiger charge is -2.38. The fourth-order valence-electron chi connectivity index (χ4n) is 4.17. The van der Waals surface area contributed by atoms with Crippen LogP contribution in [0.3, 0.4) is 0 Å². The number of ether oxygens (including phenoxy) is 1. The third-order valence-electron chi connectivity index (χ3n) is 5.82. The lowest BCUT2D eigenvalue weighted by molar-refractivity contribution is -0.0508. The molecule has 34 heavy (non-hydrogen) atoms. The highest BCUT2D eigenvalue weighted by Crippen LogP contribution is 2.26. The number of nitrogens with zero attached hydrogens (tertiary/aromatic N) is 2. The highest BCUT2D eigenvalue weighted by Gasteiger charge is 2.29. The molecule has 4 rings (SSSR count). The molecule has 0 aliphatic carbocycles. The molecule has 1 aliphatic heterocycles. The molecule has 1 saturated heterocycles. The Labute approximate surface area is 195 Å². The molecule has 9 heteroatoms. The van der Waals surface area contributed by atoms with Crippen LogP contribution in [-0.2, 0) is 13.1 Å². The summed E-state index contributed by atoms with van der Waals surface area (Å²) in [6.45, 7) is -0.767. The van der Waals surface area contributed by atoms with E-state index in [9.17, 15) is 18.0 Å². The van der Waals surface area contributed by atoms with Crippen molar-refractivity contribution in [2.24, 2.45) is 0 Å². The first-order valence-electron chi connectivity index (χ1n) is 11.1. The average molecular weight is 473 g/mol. The van der Waals surface area contributed by atoms with Crippen LogP contribution in [0.1, 0.15) is 24.2 Å². The smallest absolute Gasteiger partial charge is 0.387 e. The summed E-state index contributed by atoms with van der Waals surface area (Å²) in [6, 6.07) is 15.7. The molecule has 1 aliphatic rings. The largest absolute Gasteiger partial charge is 0.467 e. The Morgan fingerprint density at radius 3 is 2.62 bits per heavy atom. The maximum Gasteiger partial charge on any atom is 0.387 e. The lowest BCUT2D eigenvalue weighted by atomic mass is 10.0. The second-order valence-corrected chi connectivity index (χ2v) is 8.14. The van der Waals surface area contributed by atoms with E-state index in [0.717, 1.165) is 0 Å².